The third-order valence-corrected chi connectivity index (χ3v) is 3.05. The summed E-state index contributed by atoms with van der Waals surface area (Å²) >= 11 is 0. The first-order valence-corrected chi connectivity index (χ1v) is 5.68. The van der Waals surface area contributed by atoms with E-state index in [1.165, 1.54) is 30.2 Å². The van der Waals surface area contributed by atoms with Crippen molar-refractivity contribution in [2.24, 2.45) is 5.92 Å². The number of esters is 1. The molecule has 1 saturated heterocycles. The Morgan fingerprint density at radius 3 is 2.95 bits per heavy atom. The van der Waals surface area contributed by atoms with Gasteiger partial charge in [-0.05, 0) is 18.2 Å². The predicted molar refractivity (Wildman–Crippen MR) is 65.3 cm³/mol. The molecule has 0 aliphatic carbocycles. The van der Waals surface area contributed by atoms with Gasteiger partial charge in [-0.3, -0.25) is 9.59 Å². The van der Waals surface area contributed by atoms with E-state index >= 15 is 0 Å². The summed E-state index contributed by atoms with van der Waals surface area (Å²) in [6.07, 6.45) is 0.0445. The van der Waals surface area contributed by atoms with Gasteiger partial charge >= 0.3 is 5.97 Å². The molecule has 1 aromatic carbocycles. The standard InChI is InChI=1S/C13H12N2O4/c1-19-13(18)9-5-12(17)15(7-9)10-4-8(6-14)2-3-11(10)16/h2-4,9,16H,5,7H2,1H3. The molecule has 0 radical (unpaired) electrons. The number of amides is 1. The fraction of sp³-hybridized carbons (Fsp3) is 0.308. The molecule has 1 N–H and O–H groups in total. The molecule has 0 bridgehead atoms. The van der Waals surface area contributed by atoms with Gasteiger partial charge in [-0.15, -0.1) is 0 Å². The maximum atomic E-state index is 11.9. The van der Waals surface area contributed by atoms with Crippen LogP contribution in [0.2, 0.25) is 0 Å². The molecule has 1 heterocycles. The zero-order valence-corrected chi connectivity index (χ0v) is 10.3. The minimum absolute atomic E-state index is 0.0445. The lowest BCUT2D eigenvalue weighted by atomic mass is 10.1. The molecule has 1 aliphatic rings. The number of aromatic hydroxyl groups is 1. The van der Waals surface area contributed by atoms with Crippen LogP contribution in [0, 0.1) is 17.2 Å². The monoisotopic (exact) mass is 260 g/mol. The Morgan fingerprint density at radius 1 is 1.58 bits per heavy atom. The Kier molecular flexibility index (Phi) is 3.38. The zero-order chi connectivity index (χ0) is 14.0. The predicted octanol–water partition coefficient (Wildman–Crippen LogP) is 0.790. The molecule has 6 heteroatoms. The second-order valence-electron chi connectivity index (χ2n) is 4.24. The van der Waals surface area contributed by atoms with Crippen molar-refractivity contribution in [3.63, 3.8) is 0 Å². The maximum Gasteiger partial charge on any atom is 0.311 e. The van der Waals surface area contributed by atoms with Crippen molar-refractivity contribution in [2.45, 2.75) is 6.42 Å². The number of hydrogen-bond acceptors (Lipinski definition) is 5. The Balaban J connectivity index is 2.30. The third kappa shape index (κ3) is 2.36. The van der Waals surface area contributed by atoms with Gasteiger partial charge in [0.15, 0.2) is 0 Å². The third-order valence-electron chi connectivity index (χ3n) is 3.05. The van der Waals surface area contributed by atoms with Crippen LogP contribution in [0.4, 0.5) is 5.69 Å². The second kappa shape index (κ2) is 4.98. The Hall–Kier alpha value is -2.55. The van der Waals surface area contributed by atoms with E-state index in [0.29, 0.717) is 5.56 Å². The number of ether oxygens (including phenoxy) is 1. The van der Waals surface area contributed by atoms with Crippen LogP contribution in [0.5, 0.6) is 5.75 Å². The normalized spacial score (nSPS) is 18.2. The molecule has 1 aromatic rings. The van der Waals surface area contributed by atoms with Crippen LogP contribution >= 0.6 is 0 Å². The number of phenolic OH excluding ortho intramolecular Hbond substituents is 1. The molecule has 0 aromatic heterocycles. The summed E-state index contributed by atoms with van der Waals surface area (Å²) in [7, 11) is 1.27. The van der Waals surface area contributed by atoms with Gasteiger partial charge in [0.05, 0.1) is 30.3 Å². The van der Waals surface area contributed by atoms with Crippen molar-refractivity contribution in [2.75, 3.05) is 18.6 Å². The SMILES string of the molecule is COC(=O)C1CC(=O)N(c2cc(C#N)ccc2O)C1. The van der Waals surface area contributed by atoms with Crippen molar-refractivity contribution in [3.05, 3.63) is 23.8 Å². The molecule has 1 amide bonds. The van der Waals surface area contributed by atoms with Crippen molar-refractivity contribution < 1.29 is 19.4 Å². The molecule has 6 nitrogen and oxygen atoms in total. The number of nitrogens with zero attached hydrogens (tertiary/aromatic N) is 2. The fourth-order valence-corrected chi connectivity index (χ4v) is 2.07. The van der Waals surface area contributed by atoms with Gasteiger partial charge in [0.2, 0.25) is 5.91 Å². The molecule has 1 fully saturated rings. The summed E-state index contributed by atoms with van der Waals surface area (Å²) in [5.41, 5.74) is 0.581. The van der Waals surface area contributed by atoms with Gasteiger partial charge < -0.3 is 14.7 Å². The molecule has 0 spiro atoms. The van der Waals surface area contributed by atoms with Crippen LogP contribution in [-0.4, -0.2) is 30.6 Å². The molecule has 0 saturated carbocycles. The van der Waals surface area contributed by atoms with E-state index in [-0.39, 0.29) is 30.3 Å². The Labute approximate surface area is 109 Å². The van der Waals surface area contributed by atoms with Crippen molar-refractivity contribution >= 4 is 17.6 Å². The van der Waals surface area contributed by atoms with Crippen molar-refractivity contribution in [1.82, 2.24) is 0 Å². The summed E-state index contributed by atoms with van der Waals surface area (Å²) in [6, 6.07) is 6.17. The number of nitriles is 1. The van der Waals surface area contributed by atoms with Gasteiger partial charge in [0, 0.05) is 13.0 Å². The first-order valence-electron chi connectivity index (χ1n) is 5.68. The number of anilines is 1. The van der Waals surface area contributed by atoms with Crippen LogP contribution < -0.4 is 4.90 Å². The lowest BCUT2D eigenvalue weighted by Crippen LogP contribution is -2.26. The van der Waals surface area contributed by atoms with Gasteiger partial charge in [0.25, 0.3) is 0 Å². The van der Waals surface area contributed by atoms with Gasteiger partial charge in [-0.25, -0.2) is 0 Å². The maximum absolute atomic E-state index is 11.9. The van der Waals surface area contributed by atoms with Gasteiger partial charge in [-0.2, -0.15) is 5.26 Å². The average molecular weight is 260 g/mol. The van der Waals surface area contributed by atoms with Crippen molar-refractivity contribution in [1.29, 1.82) is 5.26 Å². The van der Waals surface area contributed by atoms with E-state index in [1.807, 2.05) is 6.07 Å². The van der Waals surface area contributed by atoms with E-state index < -0.39 is 11.9 Å². The van der Waals surface area contributed by atoms with Crippen LogP contribution in [0.1, 0.15) is 12.0 Å². The highest BCUT2D eigenvalue weighted by molar-refractivity contribution is 6.00. The van der Waals surface area contributed by atoms with E-state index in [1.54, 1.807) is 0 Å². The number of methoxy groups -OCH3 is 1. The molecular formula is C13H12N2O4. The molecular weight excluding hydrogens is 248 g/mol. The average Bonchev–Trinajstić information content (AvgIpc) is 2.80. The van der Waals surface area contributed by atoms with Crippen LogP contribution in [0.25, 0.3) is 0 Å². The molecule has 98 valence electrons. The molecule has 1 atom stereocenters. The number of benzene rings is 1. The van der Waals surface area contributed by atoms with Crippen LogP contribution in [0.15, 0.2) is 18.2 Å². The second-order valence-corrected chi connectivity index (χ2v) is 4.24. The summed E-state index contributed by atoms with van der Waals surface area (Å²) < 4.78 is 4.61. The molecule has 1 unspecified atom stereocenters. The quantitative estimate of drug-likeness (QED) is 0.794. The molecule has 2 rings (SSSR count). The number of rotatable bonds is 2. The molecule has 19 heavy (non-hydrogen) atoms. The summed E-state index contributed by atoms with van der Waals surface area (Å²) in [6.45, 7) is 0.147. The fourth-order valence-electron chi connectivity index (χ4n) is 2.07. The minimum atomic E-state index is -0.539. The molecule has 1 aliphatic heterocycles. The number of carbonyl (C=O) groups is 2. The lowest BCUT2D eigenvalue weighted by molar-refractivity contribution is -0.145. The van der Waals surface area contributed by atoms with E-state index in [9.17, 15) is 14.7 Å². The largest absolute Gasteiger partial charge is 0.506 e. The highest BCUT2D eigenvalue weighted by Crippen LogP contribution is 2.33. The number of carbonyl (C=O) groups excluding carboxylic acids is 2. The Bertz CT molecular complexity index is 576. The minimum Gasteiger partial charge on any atom is -0.506 e. The lowest BCUT2D eigenvalue weighted by Gasteiger charge is -2.17. The summed E-state index contributed by atoms with van der Waals surface area (Å²) in [5, 5.41) is 18.6. The van der Waals surface area contributed by atoms with E-state index in [4.69, 9.17) is 5.26 Å². The van der Waals surface area contributed by atoms with Crippen molar-refractivity contribution in [3.8, 4) is 11.8 Å². The first kappa shape index (κ1) is 12.9. The smallest absolute Gasteiger partial charge is 0.311 e. The summed E-state index contributed by atoms with van der Waals surface area (Å²) in [4.78, 5) is 24.6. The number of phenols is 1. The first-order chi connectivity index (χ1) is 9.06. The van der Waals surface area contributed by atoms with Gasteiger partial charge in [0.1, 0.15) is 5.75 Å². The van der Waals surface area contributed by atoms with Crippen LogP contribution in [0.3, 0.4) is 0 Å². The summed E-state index contributed by atoms with van der Waals surface area (Å²) in [5.74, 6) is -1.37. The highest BCUT2D eigenvalue weighted by Gasteiger charge is 2.36. The zero-order valence-electron chi connectivity index (χ0n) is 10.3. The Morgan fingerprint density at radius 2 is 2.32 bits per heavy atom. The number of hydrogen-bond donors (Lipinski definition) is 1. The van der Waals surface area contributed by atoms with E-state index in [2.05, 4.69) is 4.74 Å². The van der Waals surface area contributed by atoms with E-state index in [0.717, 1.165) is 0 Å². The van der Waals surface area contributed by atoms with Gasteiger partial charge in [-0.1, -0.05) is 0 Å². The van der Waals surface area contributed by atoms with Crippen LogP contribution in [-0.2, 0) is 14.3 Å². The highest BCUT2D eigenvalue weighted by atomic mass is 16.5. The topological polar surface area (TPSA) is 90.6 Å².